The maximum atomic E-state index is 12.1. The molecule has 1 aromatic heterocycles. The van der Waals surface area contributed by atoms with Crippen molar-refractivity contribution in [2.75, 3.05) is 0 Å². The van der Waals surface area contributed by atoms with Gasteiger partial charge in [-0.2, -0.15) is 0 Å². The van der Waals surface area contributed by atoms with Crippen LogP contribution in [0.3, 0.4) is 0 Å². The van der Waals surface area contributed by atoms with Crippen molar-refractivity contribution in [3.8, 4) is 0 Å². The first-order chi connectivity index (χ1) is 11.2. The fourth-order valence-electron chi connectivity index (χ4n) is 2.05. The number of hydrogen-bond acceptors (Lipinski definition) is 6. The highest BCUT2D eigenvalue weighted by molar-refractivity contribution is 7.09. The van der Waals surface area contributed by atoms with Gasteiger partial charge in [-0.25, -0.2) is 9.78 Å². The Hall–Kier alpha value is -2.48. The van der Waals surface area contributed by atoms with Crippen LogP contribution in [0.15, 0.2) is 35.8 Å². The lowest BCUT2D eigenvalue weighted by molar-refractivity contribution is -0.384. The summed E-state index contributed by atoms with van der Waals surface area (Å²) in [6.07, 6.45) is 1.61. The Bertz CT molecular complexity index is 693. The van der Waals surface area contributed by atoms with Crippen molar-refractivity contribution in [3.63, 3.8) is 0 Å². The van der Waals surface area contributed by atoms with Gasteiger partial charge in [0.1, 0.15) is 10.6 Å². The fraction of sp³-hybridized carbons (Fsp3) is 0.375. The largest absolute Gasteiger partial charge is 0.444 e. The van der Waals surface area contributed by atoms with Crippen LogP contribution >= 0.6 is 11.3 Å². The zero-order valence-corrected chi connectivity index (χ0v) is 14.5. The molecule has 7 nitrogen and oxygen atoms in total. The molecular weight excluding hydrogens is 330 g/mol. The molecule has 1 unspecified atom stereocenters. The molecule has 8 heteroatoms. The van der Waals surface area contributed by atoms with E-state index in [2.05, 4.69) is 10.3 Å². The number of benzene rings is 1. The molecular formula is C16H19N3O4S. The SMILES string of the molecule is CC(C)(C)OC(=O)NC(Cc1ccc([N+](=O)[O-])cc1)c1nccs1. The van der Waals surface area contributed by atoms with Gasteiger partial charge in [0.05, 0.1) is 11.0 Å². The molecule has 0 radical (unpaired) electrons. The summed E-state index contributed by atoms with van der Waals surface area (Å²) in [5.41, 5.74) is 0.298. The van der Waals surface area contributed by atoms with Crippen LogP contribution in [0.5, 0.6) is 0 Å². The normalized spacial score (nSPS) is 12.5. The minimum Gasteiger partial charge on any atom is -0.444 e. The predicted octanol–water partition coefficient (Wildman–Crippen LogP) is 3.86. The molecule has 1 N–H and O–H groups in total. The maximum absolute atomic E-state index is 12.1. The molecule has 128 valence electrons. The average molecular weight is 349 g/mol. The molecule has 2 aromatic rings. The van der Waals surface area contributed by atoms with E-state index in [1.54, 1.807) is 39.1 Å². The molecule has 0 aliphatic carbocycles. The second-order valence-corrected chi connectivity index (χ2v) is 7.12. The molecule has 1 amide bonds. The summed E-state index contributed by atoms with van der Waals surface area (Å²) in [5.74, 6) is 0. The lowest BCUT2D eigenvalue weighted by Crippen LogP contribution is -2.35. The van der Waals surface area contributed by atoms with E-state index in [9.17, 15) is 14.9 Å². The Morgan fingerprint density at radius 1 is 1.38 bits per heavy atom. The summed E-state index contributed by atoms with van der Waals surface area (Å²) in [6.45, 7) is 5.38. The van der Waals surface area contributed by atoms with E-state index in [0.29, 0.717) is 6.42 Å². The van der Waals surface area contributed by atoms with Crippen molar-refractivity contribution in [3.05, 3.63) is 56.5 Å². The Kier molecular flexibility index (Phi) is 5.50. The number of carbonyl (C=O) groups is 1. The number of non-ortho nitro benzene ring substituents is 1. The summed E-state index contributed by atoms with van der Waals surface area (Å²) in [5, 5.41) is 16.1. The molecule has 0 bridgehead atoms. The number of nitro groups is 1. The lowest BCUT2D eigenvalue weighted by atomic mass is 10.1. The molecule has 1 aromatic carbocycles. The summed E-state index contributed by atoms with van der Waals surface area (Å²) in [4.78, 5) is 26.6. The average Bonchev–Trinajstić information content (AvgIpc) is 2.99. The Morgan fingerprint density at radius 3 is 2.54 bits per heavy atom. The number of nitrogens with one attached hydrogen (secondary N) is 1. The highest BCUT2D eigenvalue weighted by Gasteiger charge is 2.22. The van der Waals surface area contributed by atoms with Gasteiger partial charge in [0, 0.05) is 23.7 Å². The van der Waals surface area contributed by atoms with E-state index in [0.717, 1.165) is 10.6 Å². The molecule has 24 heavy (non-hydrogen) atoms. The van der Waals surface area contributed by atoms with Crippen LogP contribution < -0.4 is 5.32 Å². The lowest BCUT2D eigenvalue weighted by Gasteiger charge is -2.23. The number of ether oxygens (including phenoxy) is 1. The second-order valence-electron chi connectivity index (χ2n) is 6.20. The highest BCUT2D eigenvalue weighted by Crippen LogP contribution is 2.22. The van der Waals surface area contributed by atoms with Crippen molar-refractivity contribution in [1.82, 2.24) is 10.3 Å². The predicted molar refractivity (Wildman–Crippen MR) is 91.0 cm³/mol. The third kappa shape index (κ3) is 5.31. The summed E-state index contributed by atoms with van der Waals surface area (Å²) < 4.78 is 5.29. The van der Waals surface area contributed by atoms with E-state index < -0.39 is 16.6 Å². The van der Waals surface area contributed by atoms with Crippen molar-refractivity contribution >= 4 is 23.1 Å². The van der Waals surface area contributed by atoms with E-state index in [-0.39, 0.29) is 11.7 Å². The van der Waals surface area contributed by atoms with Crippen LogP contribution in [-0.2, 0) is 11.2 Å². The number of nitro benzene ring substituents is 1. The molecule has 0 fully saturated rings. The van der Waals surface area contributed by atoms with Crippen molar-refractivity contribution in [1.29, 1.82) is 0 Å². The zero-order valence-electron chi connectivity index (χ0n) is 13.7. The van der Waals surface area contributed by atoms with Gasteiger partial charge in [-0.15, -0.1) is 11.3 Å². The third-order valence-corrected chi connectivity index (χ3v) is 3.92. The van der Waals surface area contributed by atoms with Gasteiger partial charge < -0.3 is 10.1 Å². The molecule has 0 saturated heterocycles. The Morgan fingerprint density at radius 2 is 2.04 bits per heavy atom. The van der Waals surface area contributed by atoms with E-state index >= 15 is 0 Å². The topological polar surface area (TPSA) is 94.4 Å². The second kappa shape index (κ2) is 7.39. The number of amides is 1. The van der Waals surface area contributed by atoms with E-state index in [1.165, 1.54) is 23.5 Å². The Labute approximate surface area is 143 Å². The van der Waals surface area contributed by atoms with Gasteiger partial charge >= 0.3 is 6.09 Å². The highest BCUT2D eigenvalue weighted by atomic mass is 32.1. The summed E-state index contributed by atoms with van der Waals surface area (Å²) in [6, 6.07) is 5.88. The summed E-state index contributed by atoms with van der Waals surface area (Å²) in [7, 11) is 0. The van der Waals surface area contributed by atoms with Crippen LogP contribution in [0.2, 0.25) is 0 Å². The molecule has 0 spiro atoms. The zero-order chi connectivity index (χ0) is 17.7. The summed E-state index contributed by atoms with van der Waals surface area (Å²) >= 11 is 1.43. The van der Waals surface area contributed by atoms with Crippen molar-refractivity contribution in [2.24, 2.45) is 0 Å². The standard InChI is InChI=1S/C16H19N3O4S/c1-16(2,3)23-15(20)18-13(14-17-8-9-24-14)10-11-4-6-12(7-5-11)19(21)22/h4-9,13H,10H2,1-3H3,(H,18,20). The van der Waals surface area contributed by atoms with Gasteiger partial charge in [0.15, 0.2) is 0 Å². The minimum absolute atomic E-state index is 0.0321. The fourth-order valence-corrected chi connectivity index (χ4v) is 2.74. The van der Waals surface area contributed by atoms with Crippen LogP contribution in [0.25, 0.3) is 0 Å². The number of hydrogen-bond donors (Lipinski definition) is 1. The first-order valence-electron chi connectivity index (χ1n) is 7.37. The monoisotopic (exact) mass is 349 g/mol. The van der Waals surface area contributed by atoms with Gasteiger partial charge in [-0.3, -0.25) is 10.1 Å². The van der Waals surface area contributed by atoms with Gasteiger partial charge in [0.2, 0.25) is 0 Å². The van der Waals surface area contributed by atoms with Gasteiger partial charge in [-0.1, -0.05) is 12.1 Å². The number of rotatable bonds is 5. The minimum atomic E-state index is -0.592. The van der Waals surface area contributed by atoms with Crippen LogP contribution in [-0.4, -0.2) is 21.6 Å². The first kappa shape index (κ1) is 17.9. The number of carbonyl (C=O) groups excluding carboxylic acids is 1. The third-order valence-electron chi connectivity index (χ3n) is 3.03. The molecule has 0 saturated carbocycles. The molecule has 1 atom stereocenters. The van der Waals surface area contributed by atoms with E-state index in [1.807, 2.05) is 5.38 Å². The molecule has 0 aliphatic rings. The molecule has 0 aliphatic heterocycles. The van der Waals surface area contributed by atoms with Crippen molar-refractivity contribution in [2.45, 2.75) is 38.8 Å². The van der Waals surface area contributed by atoms with Crippen molar-refractivity contribution < 1.29 is 14.5 Å². The maximum Gasteiger partial charge on any atom is 0.408 e. The molecule has 1 heterocycles. The van der Waals surface area contributed by atoms with Gasteiger partial charge in [-0.05, 0) is 32.8 Å². The van der Waals surface area contributed by atoms with Crippen LogP contribution in [0, 0.1) is 10.1 Å². The smallest absolute Gasteiger partial charge is 0.408 e. The number of thiazole rings is 1. The van der Waals surface area contributed by atoms with Crippen LogP contribution in [0.4, 0.5) is 10.5 Å². The van der Waals surface area contributed by atoms with Gasteiger partial charge in [0.25, 0.3) is 5.69 Å². The number of alkyl carbamates (subject to hydrolysis) is 1. The first-order valence-corrected chi connectivity index (χ1v) is 8.25. The quantitative estimate of drug-likeness (QED) is 0.653. The number of aromatic nitrogens is 1. The van der Waals surface area contributed by atoms with E-state index in [4.69, 9.17) is 4.74 Å². The van der Waals surface area contributed by atoms with Crippen LogP contribution in [0.1, 0.15) is 37.4 Å². The molecule has 2 rings (SSSR count). The number of nitrogens with zero attached hydrogens (tertiary/aromatic N) is 2. The Balaban J connectivity index is 2.12.